The number of benzene rings is 1. The fourth-order valence-corrected chi connectivity index (χ4v) is 5.02. The van der Waals surface area contributed by atoms with Crippen LogP contribution in [0.25, 0.3) is 0 Å². The number of aromatic carboxylic acids is 1. The Kier molecular flexibility index (Phi) is 4.63. The Balaban J connectivity index is 2.25. The summed E-state index contributed by atoms with van der Waals surface area (Å²) in [5.41, 5.74) is 0.969. The quantitative estimate of drug-likeness (QED) is 0.926. The highest BCUT2D eigenvalue weighted by Gasteiger charge is 2.29. The number of carboxylic acid groups (broad SMARTS) is 1. The molecule has 110 valence electrons. The predicted molar refractivity (Wildman–Crippen MR) is 80.5 cm³/mol. The first-order chi connectivity index (χ1) is 9.38. The van der Waals surface area contributed by atoms with E-state index in [0.717, 1.165) is 12.8 Å². The maximum Gasteiger partial charge on any atom is 0.335 e. The summed E-state index contributed by atoms with van der Waals surface area (Å²) in [6, 6.07) is 5.14. The molecule has 0 heterocycles. The van der Waals surface area contributed by atoms with Gasteiger partial charge in [0.25, 0.3) is 0 Å². The summed E-state index contributed by atoms with van der Waals surface area (Å²) in [5.74, 6) is 0.237. The molecule has 4 heteroatoms. The van der Waals surface area contributed by atoms with Crippen molar-refractivity contribution in [1.29, 1.82) is 0 Å². The molecule has 1 fully saturated rings. The first-order valence-electron chi connectivity index (χ1n) is 7.13. The average Bonchev–Trinajstić information content (AvgIpc) is 2.37. The summed E-state index contributed by atoms with van der Waals surface area (Å²) < 4.78 is 12.7. The van der Waals surface area contributed by atoms with Crippen LogP contribution in [0.2, 0.25) is 0 Å². The molecule has 1 aromatic rings. The van der Waals surface area contributed by atoms with E-state index in [1.165, 1.54) is 6.42 Å². The molecular formula is C16H22O3S. The SMILES string of the molecule is Cc1ccc(S(=O)C2CC(C)CC(C)C2)cc1C(=O)O. The minimum absolute atomic E-state index is 0.151. The smallest absolute Gasteiger partial charge is 0.335 e. The summed E-state index contributed by atoms with van der Waals surface area (Å²) in [7, 11) is -1.11. The minimum atomic E-state index is -1.11. The Morgan fingerprint density at radius 2 is 1.80 bits per heavy atom. The number of aryl methyl sites for hydroxylation is 1. The Hall–Kier alpha value is -1.16. The van der Waals surface area contributed by atoms with Gasteiger partial charge in [0.1, 0.15) is 0 Å². The van der Waals surface area contributed by atoms with Crippen molar-refractivity contribution in [2.75, 3.05) is 0 Å². The van der Waals surface area contributed by atoms with Crippen LogP contribution in [0.1, 0.15) is 49.0 Å². The van der Waals surface area contributed by atoms with Crippen molar-refractivity contribution >= 4 is 16.8 Å². The molecule has 0 radical (unpaired) electrons. The van der Waals surface area contributed by atoms with Crippen LogP contribution in [0.15, 0.2) is 23.1 Å². The predicted octanol–water partition coefficient (Wildman–Crippen LogP) is 3.63. The van der Waals surface area contributed by atoms with Gasteiger partial charge in [0, 0.05) is 10.1 Å². The Bertz CT molecular complexity index is 529. The molecule has 2 rings (SSSR count). The zero-order valence-electron chi connectivity index (χ0n) is 12.3. The Labute approximate surface area is 122 Å². The van der Waals surface area contributed by atoms with Gasteiger partial charge in [0.2, 0.25) is 0 Å². The molecule has 0 aliphatic heterocycles. The molecule has 3 unspecified atom stereocenters. The molecule has 1 aliphatic carbocycles. The van der Waals surface area contributed by atoms with Crippen molar-refractivity contribution in [2.24, 2.45) is 11.8 Å². The highest BCUT2D eigenvalue weighted by atomic mass is 32.2. The Morgan fingerprint density at radius 3 is 2.35 bits per heavy atom. The van der Waals surface area contributed by atoms with Crippen LogP contribution in [0.3, 0.4) is 0 Å². The van der Waals surface area contributed by atoms with E-state index >= 15 is 0 Å². The summed E-state index contributed by atoms with van der Waals surface area (Å²) >= 11 is 0. The van der Waals surface area contributed by atoms with Gasteiger partial charge in [-0.15, -0.1) is 0 Å². The van der Waals surface area contributed by atoms with E-state index in [9.17, 15) is 9.00 Å². The third-order valence-electron chi connectivity index (χ3n) is 4.11. The van der Waals surface area contributed by atoms with Crippen LogP contribution >= 0.6 is 0 Å². The lowest BCUT2D eigenvalue weighted by molar-refractivity contribution is 0.0696. The van der Waals surface area contributed by atoms with Crippen LogP contribution in [0.5, 0.6) is 0 Å². The lowest BCUT2D eigenvalue weighted by Crippen LogP contribution is -2.27. The highest BCUT2D eigenvalue weighted by molar-refractivity contribution is 7.85. The maximum absolute atomic E-state index is 12.7. The van der Waals surface area contributed by atoms with E-state index in [2.05, 4.69) is 13.8 Å². The second kappa shape index (κ2) is 6.08. The van der Waals surface area contributed by atoms with Crippen molar-refractivity contribution in [3.8, 4) is 0 Å². The fraction of sp³-hybridized carbons (Fsp3) is 0.562. The number of carbonyl (C=O) groups is 1. The summed E-state index contributed by atoms with van der Waals surface area (Å²) in [6.07, 6.45) is 3.13. The van der Waals surface area contributed by atoms with E-state index < -0.39 is 16.8 Å². The van der Waals surface area contributed by atoms with Crippen molar-refractivity contribution in [3.05, 3.63) is 29.3 Å². The van der Waals surface area contributed by atoms with Crippen molar-refractivity contribution in [3.63, 3.8) is 0 Å². The van der Waals surface area contributed by atoms with Gasteiger partial charge in [0.15, 0.2) is 0 Å². The molecule has 0 spiro atoms. The summed E-state index contributed by atoms with van der Waals surface area (Å²) in [5, 5.41) is 9.32. The second-order valence-electron chi connectivity index (χ2n) is 6.12. The molecule has 0 aromatic heterocycles. The molecule has 0 saturated heterocycles. The van der Waals surface area contributed by atoms with Gasteiger partial charge in [0.05, 0.1) is 16.4 Å². The van der Waals surface area contributed by atoms with E-state index in [4.69, 9.17) is 5.11 Å². The van der Waals surface area contributed by atoms with Crippen LogP contribution < -0.4 is 0 Å². The van der Waals surface area contributed by atoms with Gasteiger partial charge in [-0.3, -0.25) is 4.21 Å². The van der Waals surface area contributed by atoms with Crippen molar-refractivity contribution < 1.29 is 14.1 Å². The zero-order chi connectivity index (χ0) is 14.9. The normalized spacial score (nSPS) is 28.1. The van der Waals surface area contributed by atoms with Gasteiger partial charge >= 0.3 is 5.97 Å². The molecule has 1 N–H and O–H groups in total. The first kappa shape index (κ1) is 15.2. The highest BCUT2D eigenvalue weighted by Crippen LogP contribution is 2.33. The molecule has 1 saturated carbocycles. The van der Waals surface area contributed by atoms with Crippen LogP contribution in [-0.4, -0.2) is 20.5 Å². The second-order valence-corrected chi connectivity index (χ2v) is 7.85. The molecule has 20 heavy (non-hydrogen) atoms. The average molecular weight is 294 g/mol. The standard InChI is InChI=1S/C16H22O3S/c1-10-6-11(2)8-14(7-10)20(19)13-5-4-12(3)15(9-13)16(17)18/h4-5,9-11,14H,6-8H2,1-3H3,(H,17,18). The molecule has 0 bridgehead atoms. The molecular weight excluding hydrogens is 272 g/mol. The summed E-state index contributed by atoms with van der Waals surface area (Å²) in [4.78, 5) is 11.8. The molecule has 1 aromatic carbocycles. The van der Waals surface area contributed by atoms with Crippen LogP contribution in [0.4, 0.5) is 0 Å². The lowest BCUT2D eigenvalue weighted by Gasteiger charge is -2.30. The molecule has 1 aliphatic rings. The van der Waals surface area contributed by atoms with E-state index in [1.807, 2.05) is 6.07 Å². The molecule has 3 atom stereocenters. The van der Waals surface area contributed by atoms with E-state index in [0.29, 0.717) is 22.3 Å². The third-order valence-corrected chi connectivity index (χ3v) is 5.82. The maximum atomic E-state index is 12.7. The molecule has 3 nitrogen and oxygen atoms in total. The van der Waals surface area contributed by atoms with E-state index in [1.54, 1.807) is 19.1 Å². The van der Waals surface area contributed by atoms with Gasteiger partial charge in [-0.25, -0.2) is 4.79 Å². The van der Waals surface area contributed by atoms with E-state index in [-0.39, 0.29) is 10.8 Å². The fourth-order valence-electron chi connectivity index (χ4n) is 3.20. The van der Waals surface area contributed by atoms with Crippen LogP contribution in [0, 0.1) is 18.8 Å². The largest absolute Gasteiger partial charge is 0.478 e. The first-order valence-corrected chi connectivity index (χ1v) is 8.34. The van der Waals surface area contributed by atoms with Gasteiger partial charge in [-0.2, -0.15) is 0 Å². The topological polar surface area (TPSA) is 54.4 Å². The van der Waals surface area contributed by atoms with Gasteiger partial charge < -0.3 is 5.11 Å². The minimum Gasteiger partial charge on any atom is -0.478 e. The summed E-state index contributed by atoms with van der Waals surface area (Å²) in [6.45, 7) is 6.18. The zero-order valence-corrected chi connectivity index (χ0v) is 13.1. The van der Waals surface area contributed by atoms with Gasteiger partial charge in [-0.05, 0) is 55.7 Å². The number of rotatable bonds is 3. The monoisotopic (exact) mass is 294 g/mol. The van der Waals surface area contributed by atoms with Gasteiger partial charge in [-0.1, -0.05) is 19.9 Å². The Morgan fingerprint density at radius 1 is 1.20 bits per heavy atom. The van der Waals surface area contributed by atoms with Crippen molar-refractivity contribution in [1.82, 2.24) is 0 Å². The number of carboxylic acids is 1. The lowest BCUT2D eigenvalue weighted by atomic mass is 9.83. The van der Waals surface area contributed by atoms with Crippen LogP contribution in [-0.2, 0) is 10.8 Å². The van der Waals surface area contributed by atoms with Crippen molar-refractivity contribution in [2.45, 2.75) is 50.2 Å². The molecule has 0 amide bonds. The third kappa shape index (κ3) is 3.29. The number of hydrogen-bond donors (Lipinski definition) is 1. The number of hydrogen-bond acceptors (Lipinski definition) is 2.